The molecule has 0 fully saturated rings. The summed E-state index contributed by atoms with van der Waals surface area (Å²) in [6.07, 6.45) is 0. The second kappa shape index (κ2) is 33.4. The van der Waals surface area contributed by atoms with Crippen LogP contribution in [0.15, 0.2) is 236 Å². The van der Waals surface area contributed by atoms with Crippen molar-refractivity contribution < 1.29 is 84.4 Å². The summed E-state index contributed by atoms with van der Waals surface area (Å²) in [6, 6.07) is 64.3. The van der Waals surface area contributed by atoms with Crippen molar-refractivity contribution in [3.8, 4) is 0 Å². The van der Waals surface area contributed by atoms with Crippen molar-refractivity contribution in [3.05, 3.63) is 206 Å². The second-order valence-corrected chi connectivity index (χ2v) is 22.3. The number of rotatable bonds is 17. The molecule has 0 heterocycles. The molecule has 0 spiro atoms. The molecular formula is C54H60BrF4NO10S4. The quantitative estimate of drug-likeness (QED) is 0.0330. The van der Waals surface area contributed by atoms with Gasteiger partial charge in [0.15, 0.2) is 62.8 Å². The Balaban J connectivity index is 0.000000476. The van der Waals surface area contributed by atoms with E-state index in [1.165, 1.54) is 62.9 Å². The lowest BCUT2D eigenvalue weighted by molar-refractivity contribution is -0.894. The molecule has 0 aliphatic rings. The SMILES string of the molecule is C=C(C)C(=O)OCC(F)(F)S(=O)(=O)[O-].C=C(C)C(=O)OCC(F)(F)S(=O)(=O)[O-].CC[NH+](CC)CC.[Br-].c1ccc([S+](c2ccccc2)c2ccccc2)cc1.c1ccc([S+](c2ccccc2)c2ccccc2)cc1. The monoisotopic (exact) mass is 1170 g/mol. The maximum atomic E-state index is 12.3. The van der Waals surface area contributed by atoms with Gasteiger partial charge >= 0.3 is 22.4 Å². The van der Waals surface area contributed by atoms with Crippen molar-refractivity contribution in [2.24, 2.45) is 0 Å². The van der Waals surface area contributed by atoms with Gasteiger partial charge in [0.2, 0.25) is 0 Å². The van der Waals surface area contributed by atoms with Crippen LogP contribution >= 0.6 is 0 Å². The number of benzene rings is 6. The van der Waals surface area contributed by atoms with Crippen LogP contribution < -0.4 is 21.9 Å². The van der Waals surface area contributed by atoms with Gasteiger partial charge in [-0.25, -0.2) is 26.4 Å². The molecule has 0 atom stereocenters. The minimum absolute atomic E-state index is 0. The summed E-state index contributed by atoms with van der Waals surface area (Å²) in [7, 11) is -11.7. The highest BCUT2D eigenvalue weighted by Gasteiger charge is 2.40. The fourth-order valence-electron chi connectivity index (χ4n) is 5.60. The molecule has 0 saturated carbocycles. The van der Waals surface area contributed by atoms with Crippen LogP contribution in [0.3, 0.4) is 0 Å². The maximum absolute atomic E-state index is 12.3. The molecular weight excluding hydrogens is 1110 g/mol. The van der Waals surface area contributed by atoms with Gasteiger partial charge in [-0.05, 0) is 107 Å². The van der Waals surface area contributed by atoms with E-state index in [-0.39, 0.29) is 49.9 Å². The summed E-state index contributed by atoms with van der Waals surface area (Å²) in [5, 5.41) is -9.23. The molecule has 0 amide bonds. The molecule has 74 heavy (non-hydrogen) atoms. The summed E-state index contributed by atoms with van der Waals surface area (Å²) in [4.78, 5) is 31.0. The maximum Gasteiger partial charge on any atom is 0.367 e. The standard InChI is InChI=1S/2C18H15S.2C6H8F2O5S.C6H15N.BrH/c2*1-4-10-16(11-5-1)19(17-12-6-2-7-13-17)18-14-8-3-9-15-18;2*1-4(2)5(9)13-3-6(7,8)14(10,11)12;1-4-7(5-2)6-3;/h2*1-15H;2*1,3H2,2H3,(H,10,11,12);4-6H2,1-3H3;1H/q2*+1;;;;/p-2. The van der Waals surface area contributed by atoms with Gasteiger partial charge in [-0.15, -0.1) is 0 Å². The first-order chi connectivity index (χ1) is 34.4. The van der Waals surface area contributed by atoms with Crippen LogP contribution in [0.5, 0.6) is 0 Å². The lowest BCUT2D eigenvalue weighted by Crippen LogP contribution is -3.11. The Kier molecular flexibility index (Phi) is 30.0. The third-order valence-corrected chi connectivity index (χ3v) is 15.7. The fourth-order valence-corrected chi connectivity index (χ4v) is 10.2. The lowest BCUT2D eigenvalue weighted by Gasteiger charge is -2.19. The number of halogens is 5. The fraction of sp³-hybridized carbons (Fsp3) is 0.222. The van der Waals surface area contributed by atoms with E-state index in [0.29, 0.717) is 0 Å². The Labute approximate surface area is 449 Å². The van der Waals surface area contributed by atoms with E-state index in [0.717, 1.165) is 0 Å². The number of hydrogen-bond donors (Lipinski definition) is 1. The minimum Gasteiger partial charge on any atom is -1.00 e. The Bertz CT molecular complexity index is 2420. The first-order valence-corrected chi connectivity index (χ1v) is 27.6. The number of carbonyl (C=O) groups excluding carboxylic acids is 2. The average molecular weight is 1170 g/mol. The average Bonchev–Trinajstić information content (AvgIpc) is 3.37. The topological polar surface area (TPSA) is 171 Å². The molecule has 1 N–H and O–H groups in total. The summed E-state index contributed by atoms with van der Waals surface area (Å²) in [6.45, 7) is 15.4. The predicted molar refractivity (Wildman–Crippen MR) is 276 cm³/mol. The molecule has 20 heteroatoms. The van der Waals surface area contributed by atoms with E-state index in [9.17, 15) is 53.1 Å². The van der Waals surface area contributed by atoms with Gasteiger partial charge in [0.25, 0.3) is 0 Å². The molecule has 0 aromatic heterocycles. The number of alkyl halides is 4. The number of nitrogens with one attached hydrogen (secondary N) is 1. The van der Waals surface area contributed by atoms with Crippen molar-refractivity contribution in [2.75, 3.05) is 32.8 Å². The highest BCUT2D eigenvalue weighted by molar-refractivity contribution is 7.97. The molecule has 6 rings (SSSR count). The smallest absolute Gasteiger partial charge is 0.367 e. The van der Waals surface area contributed by atoms with E-state index in [4.69, 9.17) is 0 Å². The van der Waals surface area contributed by atoms with Crippen LogP contribution in [0.2, 0.25) is 0 Å². The van der Waals surface area contributed by atoms with Gasteiger partial charge in [0.05, 0.1) is 41.4 Å². The van der Waals surface area contributed by atoms with Crippen molar-refractivity contribution >= 4 is 54.0 Å². The molecule has 0 saturated heterocycles. The van der Waals surface area contributed by atoms with Gasteiger partial charge in [-0.1, -0.05) is 122 Å². The summed E-state index contributed by atoms with van der Waals surface area (Å²) in [5.41, 5.74) is -0.354. The molecule has 0 aliphatic carbocycles. The van der Waals surface area contributed by atoms with E-state index in [2.05, 4.69) is 225 Å². The van der Waals surface area contributed by atoms with E-state index in [1.807, 2.05) is 0 Å². The summed E-state index contributed by atoms with van der Waals surface area (Å²) >= 11 is 0. The van der Waals surface area contributed by atoms with Gasteiger partial charge < -0.3 is 40.5 Å². The highest BCUT2D eigenvalue weighted by atomic mass is 79.9. The van der Waals surface area contributed by atoms with E-state index < -0.39 is 55.9 Å². The highest BCUT2D eigenvalue weighted by Crippen LogP contribution is 2.32. The number of hydrogen-bond acceptors (Lipinski definition) is 10. The van der Waals surface area contributed by atoms with Crippen LogP contribution in [-0.4, -0.2) is 81.2 Å². The molecule has 400 valence electrons. The summed E-state index contributed by atoms with van der Waals surface area (Å²) in [5.74, 6) is -2.37. The van der Waals surface area contributed by atoms with Gasteiger partial charge in [-0.3, -0.25) is 0 Å². The zero-order chi connectivity index (χ0) is 54.7. The number of quaternary nitrogens is 1. The Morgan fingerprint density at radius 3 is 0.757 bits per heavy atom. The molecule has 6 aromatic carbocycles. The summed E-state index contributed by atoms with van der Waals surface area (Å²) < 4.78 is 117. The third kappa shape index (κ3) is 23.3. The number of carbonyl (C=O) groups is 2. The van der Waals surface area contributed by atoms with E-state index >= 15 is 0 Å². The molecule has 0 bridgehead atoms. The zero-order valence-corrected chi connectivity index (χ0v) is 46.2. The van der Waals surface area contributed by atoms with Crippen molar-refractivity contribution in [1.82, 2.24) is 0 Å². The number of esters is 2. The first kappa shape index (κ1) is 66.4. The van der Waals surface area contributed by atoms with E-state index in [1.54, 1.807) is 4.90 Å². The molecule has 11 nitrogen and oxygen atoms in total. The van der Waals surface area contributed by atoms with Gasteiger partial charge in [0, 0.05) is 11.1 Å². The lowest BCUT2D eigenvalue weighted by atomic mass is 10.4. The molecule has 0 aliphatic heterocycles. The largest absolute Gasteiger partial charge is 1.00 e. The zero-order valence-electron chi connectivity index (χ0n) is 41.4. The van der Waals surface area contributed by atoms with Crippen LogP contribution in [0.25, 0.3) is 0 Å². The predicted octanol–water partition coefficient (Wildman–Crippen LogP) is 6.99. The minimum atomic E-state index is -5.81. The normalized spacial score (nSPS) is 11.1. The Morgan fingerprint density at radius 1 is 0.459 bits per heavy atom. The van der Waals surface area contributed by atoms with Crippen LogP contribution in [0.4, 0.5) is 17.6 Å². The van der Waals surface area contributed by atoms with Crippen molar-refractivity contribution in [1.29, 1.82) is 0 Å². The third-order valence-electron chi connectivity index (χ3n) is 9.54. The van der Waals surface area contributed by atoms with Crippen LogP contribution in [0, 0.1) is 0 Å². The molecule has 0 radical (unpaired) electrons. The molecule has 6 aromatic rings. The first-order valence-electron chi connectivity index (χ1n) is 22.3. The van der Waals surface area contributed by atoms with Gasteiger partial charge in [-0.2, -0.15) is 17.6 Å². The molecule has 0 unspecified atom stereocenters. The Morgan fingerprint density at radius 2 is 0.635 bits per heavy atom. The van der Waals surface area contributed by atoms with Crippen molar-refractivity contribution in [3.63, 3.8) is 0 Å². The van der Waals surface area contributed by atoms with Crippen LogP contribution in [0.1, 0.15) is 34.6 Å². The second-order valence-electron chi connectivity index (χ2n) is 15.2. The Hall–Kier alpha value is -5.58. The number of ether oxygens (including phenoxy) is 2. The van der Waals surface area contributed by atoms with Crippen molar-refractivity contribution in [2.45, 2.75) is 74.5 Å². The van der Waals surface area contributed by atoms with Gasteiger partial charge in [0.1, 0.15) is 0 Å². The van der Waals surface area contributed by atoms with Crippen LogP contribution in [-0.2, 0) is 61.1 Å².